The average Bonchev–Trinajstić information content (AvgIpc) is 2.42. The second kappa shape index (κ2) is 6.55. The van der Waals surface area contributed by atoms with Gasteiger partial charge in [0, 0.05) is 0 Å². The van der Waals surface area contributed by atoms with Crippen molar-refractivity contribution in [2.45, 2.75) is 26.7 Å². The Hall–Kier alpha value is -1.13. The minimum atomic E-state index is 0.253. The van der Waals surface area contributed by atoms with Crippen molar-refractivity contribution in [3.63, 3.8) is 0 Å². The van der Waals surface area contributed by atoms with Crippen molar-refractivity contribution in [1.29, 1.82) is 0 Å². The topological polar surface area (TPSA) is 35.0 Å². The maximum absolute atomic E-state index is 6.20. The molecule has 0 saturated carbocycles. The summed E-state index contributed by atoms with van der Waals surface area (Å²) in [5.74, 6) is 1.61. The third kappa shape index (κ3) is 3.13. The first-order valence-corrected chi connectivity index (χ1v) is 7.66. The van der Waals surface area contributed by atoms with Crippen LogP contribution in [0, 0.1) is 0 Å². The molecule has 0 N–H and O–H groups in total. The Balaban J connectivity index is 2.59. The summed E-state index contributed by atoms with van der Waals surface area (Å²) in [5, 5.41) is 0.421. The van der Waals surface area contributed by atoms with E-state index >= 15 is 0 Å². The van der Waals surface area contributed by atoms with Crippen molar-refractivity contribution in [1.82, 2.24) is 9.97 Å². The number of ether oxygens (including phenoxy) is 1. The number of para-hydroxylation sites is 1. The predicted molar refractivity (Wildman–Crippen MR) is 85.4 cm³/mol. The van der Waals surface area contributed by atoms with E-state index < -0.39 is 0 Å². The van der Waals surface area contributed by atoms with E-state index in [0.717, 1.165) is 21.5 Å². The lowest BCUT2D eigenvalue weighted by molar-refractivity contribution is 0.341. The van der Waals surface area contributed by atoms with E-state index in [1.165, 1.54) is 0 Å². The molecule has 0 spiro atoms. The molecule has 0 atom stereocenters. The highest BCUT2D eigenvalue weighted by molar-refractivity contribution is 9.10. The number of rotatable bonds is 4. The molecule has 20 heavy (non-hydrogen) atoms. The molecule has 0 unspecified atom stereocenters. The molecule has 0 amide bonds. The molecule has 106 valence electrons. The summed E-state index contributed by atoms with van der Waals surface area (Å²) >= 11 is 9.65. The summed E-state index contributed by atoms with van der Waals surface area (Å²) in [6, 6.07) is 7.71. The highest BCUT2D eigenvalue weighted by Crippen LogP contribution is 2.34. The Morgan fingerprint density at radius 2 is 1.95 bits per heavy atom. The number of aromatic nitrogens is 2. The van der Waals surface area contributed by atoms with Crippen molar-refractivity contribution >= 4 is 27.5 Å². The van der Waals surface area contributed by atoms with Gasteiger partial charge in [-0.15, -0.1) is 0 Å². The van der Waals surface area contributed by atoms with E-state index in [-0.39, 0.29) is 5.92 Å². The SMILES string of the molecule is CCOc1ccccc1-c1nc(Cl)c(Br)c(C(C)C)n1. The first kappa shape index (κ1) is 15.3. The van der Waals surface area contributed by atoms with Gasteiger partial charge in [-0.05, 0) is 40.9 Å². The number of benzene rings is 1. The van der Waals surface area contributed by atoms with Gasteiger partial charge in [-0.3, -0.25) is 0 Å². The molecule has 1 heterocycles. The monoisotopic (exact) mass is 354 g/mol. The van der Waals surface area contributed by atoms with Gasteiger partial charge in [-0.2, -0.15) is 0 Å². The second-order valence-corrected chi connectivity index (χ2v) is 5.77. The number of hydrogen-bond donors (Lipinski definition) is 0. The van der Waals surface area contributed by atoms with Crippen LogP contribution in [0.5, 0.6) is 5.75 Å². The van der Waals surface area contributed by atoms with Crippen LogP contribution in [0.15, 0.2) is 28.7 Å². The Labute approximate surface area is 132 Å². The standard InChI is InChI=1S/C15H16BrClN2O/c1-4-20-11-8-6-5-7-10(11)15-18-13(9(2)3)12(16)14(17)19-15/h5-9H,4H2,1-3H3. The fraction of sp³-hybridized carbons (Fsp3) is 0.333. The molecule has 0 radical (unpaired) electrons. The molecular formula is C15H16BrClN2O. The minimum Gasteiger partial charge on any atom is -0.493 e. The number of halogens is 2. The van der Waals surface area contributed by atoms with Gasteiger partial charge in [-0.1, -0.05) is 37.6 Å². The van der Waals surface area contributed by atoms with Crippen LogP contribution < -0.4 is 4.74 Å². The Morgan fingerprint density at radius 3 is 2.60 bits per heavy atom. The first-order valence-electron chi connectivity index (χ1n) is 6.49. The van der Waals surface area contributed by atoms with Gasteiger partial charge in [0.1, 0.15) is 10.9 Å². The van der Waals surface area contributed by atoms with Gasteiger partial charge >= 0.3 is 0 Å². The lowest BCUT2D eigenvalue weighted by atomic mass is 10.1. The highest BCUT2D eigenvalue weighted by Gasteiger charge is 2.16. The lowest BCUT2D eigenvalue weighted by Crippen LogP contribution is -2.02. The van der Waals surface area contributed by atoms with Crippen LogP contribution in [0.2, 0.25) is 5.15 Å². The molecule has 0 aliphatic carbocycles. The van der Waals surface area contributed by atoms with E-state index in [0.29, 0.717) is 17.6 Å². The van der Waals surface area contributed by atoms with Gasteiger partial charge in [0.25, 0.3) is 0 Å². The zero-order valence-electron chi connectivity index (χ0n) is 11.7. The normalized spacial score (nSPS) is 10.9. The fourth-order valence-electron chi connectivity index (χ4n) is 1.87. The molecule has 0 aliphatic rings. The van der Waals surface area contributed by atoms with Crippen LogP contribution in [0.4, 0.5) is 0 Å². The third-order valence-electron chi connectivity index (χ3n) is 2.81. The van der Waals surface area contributed by atoms with Crippen LogP contribution in [0.1, 0.15) is 32.4 Å². The molecule has 1 aromatic carbocycles. The summed E-state index contributed by atoms with van der Waals surface area (Å²) in [6.07, 6.45) is 0. The summed E-state index contributed by atoms with van der Waals surface area (Å²) < 4.78 is 6.38. The molecule has 0 saturated heterocycles. The van der Waals surface area contributed by atoms with Crippen molar-refractivity contribution in [3.05, 3.63) is 39.6 Å². The highest BCUT2D eigenvalue weighted by atomic mass is 79.9. The number of hydrogen-bond acceptors (Lipinski definition) is 3. The Morgan fingerprint density at radius 1 is 1.25 bits per heavy atom. The van der Waals surface area contributed by atoms with Crippen molar-refractivity contribution < 1.29 is 4.74 Å². The van der Waals surface area contributed by atoms with Crippen LogP contribution >= 0.6 is 27.5 Å². The second-order valence-electron chi connectivity index (χ2n) is 4.62. The minimum absolute atomic E-state index is 0.253. The average molecular weight is 356 g/mol. The molecule has 2 rings (SSSR count). The van der Waals surface area contributed by atoms with Gasteiger partial charge < -0.3 is 4.74 Å². The van der Waals surface area contributed by atoms with Gasteiger partial charge in [0.2, 0.25) is 0 Å². The predicted octanol–water partition coefficient (Wildman–Crippen LogP) is 5.08. The van der Waals surface area contributed by atoms with E-state index in [2.05, 4.69) is 39.7 Å². The zero-order valence-corrected chi connectivity index (χ0v) is 14.0. The largest absolute Gasteiger partial charge is 0.493 e. The molecule has 1 aromatic heterocycles. The maximum atomic E-state index is 6.20. The van der Waals surface area contributed by atoms with E-state index in [4.69, 9.17) is 16.3 Å². The van der Waals surface area contributed by atoms with E-state index in [9.17, 15) is 0 Å². The summed E-state index contributed by atoms with van der Waals surface area (Å²) in [6.45, 7) is 6.69. The van der Waals surface area contributed by atoms with Crippen LogP contribution in [-0.2, 0) is 0 Å². The van der Waals surface area contributed by atoms with Gasteiger partial charge in [0.05, 0.1) is 22.3 Å². The zero-order chi connectivity index (χ0) is 14.7. The molecule has 5 heteroatoms. The maximum Gasteiger partial charge on any atom is 0.164 e. The Kier molecular flexibility index (Phi) is 5.00. The first-order chi connectivity index (χ1) is 9.54. The van der Waals surface area contributed by atoms with Crippen molar-refractivity contribution in [3.8, 4) is 17.1 Å². The molecule has 0 fully saturated rings. The van der Waals surface area contributed by atoms with Gasteiger partial charge in [-0.25, -0.2) is 9.97 Å². The summed E-state index contributed by atoms with van der Waals surface area (Å²) in [4.78, 5) is 8.98. The van der Waals surface area contributed by atoms with Crippen molar-refractivity contribution in [2.75, 3.05) is 6.61 Å². The summed E-state index contributed by atoms with van der Waals surface area (Å²) in [5.41, 5.74) is 1.75. The third-order valence-corrected chi connectivity index (χ3v) is 4.09. The van der Waals surface area contributed by atoms with Crippen molar-refractivity contribution in [2.24, 2.45) is 0 Å². The van der Waals surface area contributed by atoms with Crippen LogP contribution in [-0.4, -0.2) is 16.6 Å². The molecule has 0 aliphatic heterocycles. The van der Waals surface area contributed by atoms with E-state index in [1.807, 2.05) is 31.2 Å². The molecule has 0 bridgehead atoms. The van der Waals surface area contributed by atoms with E-state index in [1.54, 1.807) is 0 Å². The Bertz CT molecular complexity index is 617. The molecular weight excluding hydrogens is 340 g/mol. The fourth-order valence-corrected chi connectivity index (χ4v) is 2.68. The molecule has 2 aromatic rings. The molecule has 3 nitrogen and oxygen atoms in total. The smallest absolute Gasteiger partial charge is 0.164 e. The number of nitrogens with zero attached hydrogens (tertiary/aromatic N) is 2. The van der Waals surface area contributed by atoms with Crippen LogP contribution in [0.3, 0.4) is 0 Å². The quantitative estimate of drug-likeness (QED) is 0.717. The van der Waals surface area contributed by atoms with Crippen LogP contribution in [0.25, 0.3) is 11.4 Å². The summed E-state index contributed by atoms with van der Waals surface area (Å²) in [7, 11) is 0. The van der Waals surface area contributed by atoms with Gasteiger partial charge in [0.15, 0.2) is 5.82 Å². The lowest BCUT2D eigenvalue weighted by Gasteiger charge is -2.13.